The fourth-order valence-corrected chi connectivity index (χ4v) is 3.83. The number of hydrogen-bond acceptors (Lipinski definition) is 5. The van der Waals surface area contributed by atoms with Crippen LogP contribution in [0, 0.1) is 0 Å². The van der Waals surface area contributed by atoms with Crippen molar-refractivity contribution in [2.45, 2.75) is 38.3 Å². The van der Waals surface area contributed by atoms with E-state index < -0.39 is 19.5 Å². The number of para-hydroxylation sites is 1. The normalized spacial score (nSPS) is 18.8. The number of esters is 1. The molecule has 2 atom stereocenters. The maximum Gasteiger partial charge on any atom is 0.323 e. The van der Waals surface area contributed by atoms with Crippen LogP contribution in [0.5, 0.6) is 5.75 Å². The Morgan fingerprint density at radius 2 is 2.09 bits per heavy atom. The molecule has 1 aliphatic rings. The molecule has 0 spiro atoms. The van der Waals surface area contributed by atoms with Gasteiger partial charge in [-0.2, -0.15) is 0 Å². The van der Waals surface area contributed by atoms with Crippen molar-refractivity contribution in [2.24, 2.45) is 5.73 Å². The number of benzene rings is 1. The summed E-state index contributed by atoms with van der Waals surface area (Å²) in [4.78, 5) is 12.0. The molecule has 1 aromatic rings. The number of carbonyl (C=O) groups is 1. The summed E-state index contributed by atoms with van der Waals surface area (Å²) in [6, 6.07) is 8.13. The van der Waals surface area contributed by atoms with Gasteiger partial charge < -0.3 is 15.0 Å². The van der Waals surface area contributed by atoms with Crippen molar-refractivity contribution >= 4 is 13.5 Å². The monoisotopic (exact) mass is 326 g/mol. The Bertz CT molecular complexity index is 534. The van der Waals surface area contributed by atoms with Crippen molar-refractivity contribution in [3.63, 3.8) is 0 Å². The highest BCUT2D eigenvalue weighted by Gasteiger charge is 2.31. The van der Waals surface area contributed by atoms with Crippen molar-refractivity contribution in [1.29, 1.82) is 0 Å². The molecule has 0 aliphatic heterocycles. The zero-order valence-electron chi connectivity index (χ0n) is 12.7. The average molecular weight is 326 g/mol. The number of carbonyl (C=O) groups excluding carboxylic acids is 1. The number of rotatable bonds is 8. The lowest BCUT2D eigenvalue weighted by molar-refractivity contribution is -0.154. The minimum atomic E-state index is -3.26. The van der Waals surface area contributed by atoms with Gasteiger partial charge >= 0.3 is 13.5 Å². The standard InChI is InChI=1S/C15H23N2O4P/c1-12(15(18)20-13-8-5-9-13)17-22(19,11-10-16)21-14-6-3-2-4-7-14/h2-4,6-7,12-13H,5,8-11,16H2,1H3,(H,17,19)/t12-,22?/m0/s1. The molecule has 1 aromatic carbocycles. The Morgan fingerprint density at radius 3 is 2.64 bits per heavy atom. The second-order valence-electron chi connectivity index (χ2n) is 5.43. The minimum Gasteiger partial charge on any atom is -0.461 e. The Kier molecular flexibility index (Phi) is 6.00. The maximum atomic E-state index is 12.8. The van der Waals surface area contributed by atoms with Crippen LogP contribution in [0.15, 0.2) is 30.3 Å². The van der Waals surface area contributed by atoms with Gasteiger partial charge in [-0.1, -0.05) is 18.2 Å². The Labute approximate surface area is 130 Å². The molecule has 1 fully saturated rings. The topological polar surface area (TPSA) is 90.7 Å². The van der Waals surface area contributed by atoms with Crippen molar-refractivity contribution in [1.82, 2.24) is 5.09 Å². The predicted molar refractivity (Wildman–Crippen MR) is 84.9 cm³/mol. The third kappa shape index (κ3) is 4.83. The van der Waals surface area contributed by atoms with Crippen LogP contribution in [0.3, 0.4) is 0 Å². The van der Waals surface area contributed by atoms with Crippen molar-refractivity contribution in [2.75, 3.05) is 12.7 Å². The Hall–Kier alpha value is -1.36. The maximum absolute atomic E-state index is 12.8. The van der Waals surface area contributed by atoms with Crippen LogP contribution in [0.4, 0.5) is 0 Å². The predicted octanol–water partition coefficient (Wildman–Crippen LogP) is 2.29. The lowest BCUT2D eigenvalue weighted by atomic mass is 9.96. The van der Waals surface area contributed by atoms with Crippen molar-refractivity contribution in [3.05, 3.63) is 30.3 Å². The summed E-state index contributed by atoms with van der Waals surface area (Å²) < 4.78 is 23.7. The van der Waals surface area contributed by atoms with Crippen molar-refractivity contribution in [3.8, 4) is 5.75 Å². The fourth-order valence-electron chi connectivity index (χ4n) is 2.06. The van der Waals surface area contributed by atoms with Gasteiger partial charge in [-0.05, 0) is 38.3 Å². The van der Waals surface area contributed by atoms with Crippen LogP contribution in [-0.4, -0.2) is 30.8 Å². The van der Waals surface area contributed by atoms with E-state index in [2.05, 4.69) is 5.09 Å². The Morgan fingerprint density at radius 1 is 1.41 bits per heavy atom. The summed E-state index contributed by atoms with van der Waals surface area (Å²) in [5.41, 5.74) is 5.52. The molecule has 0 aromatic heterocycles. The van der Waals surface area contributed by atoms with E-state index in [1.54, 1.807) is 31.2 Å². The van der Waals surface area contributed by atoms with E-state index in [9.17, 15) is 9.36 Å². The summed E-state index contributed by atoms with van der Waals surface area (Å²) in [5.74, 6) is 0.0740. The molecule has 0 radical (unpaired) electrons. The molecule has 0 bridgehead atoms. The molecule has 122 valence electrons. The molecule has 6 nitrogen and oxygen atoms in total. The van der Waals surface area contributed by atoms with E-state index in [-0.39, 0.29) is 18.8 Å². The number of nitrogens with one attached hydrogen (secondary N) is 1. The van der Waals surface area contributed by atoms with Gasteiger partial charge in [-0.15, -0.1) is 0 Å². The first-order valence-corrected chi connectivity index (χ1v) is 9.35. The smallest absolute Gasteiger partial charge is 0.323 e. The molecule has 1 unspecified atom stereocenters. The van der Waals surface area contributed by atoms with Crippen LogP contribution in [0.1, 0.15) is 26.2 Å². The van der Waals surface area contributed by atoms with Gasteiger partial charge in [0.15, 0.2) is 0 Å². The molecule has 0 saturated heterocycles. The van der Waals surface area contributed by atoms with Gasteiger partial charge in [0.1, 0.15) is 17.9 Å². The van der Waals surface area contributed by atoms with Crippen LogP contribution < -0.4 is 15.3 Å². The molecular weight excluding hydrogens is 303 g/mol. The van der Waals surface area contributed by atoms with Gasteiger partial charge in [0.2, 0.25) is 0 Å². The Balaban J connectivity index is 1.96. The van der Waals surface area contributed by atoms with E-state index in [0.717, 1.165) is 19.3 Å². The van der Waals surface area contributed by atoms with Gasteiger partial charge in [-0.25, -0.2) is 5.09 Å². The zero-order valence-corrected chi connectivity index (χ0v) is 13.6. The lowest BCUT2D eigenvalue weighted by Gasteiger charge is -2.28. The highest BCUT2D eigenvalue weighted by molar-refractivity contribution is 7.57. The summed E-state index contributed by atoms with van der Waals surface area (Å²) in [5, 5.41) is 2.77. The molecule has 7 heteroatoms. The summed E-state index contributed by atoms with van der Waals surface area (Å²) in [6.45, 7) is 1.82. The number of hydrogen-bond donors (Lipinski definition) is 2. The second-order valence-corrected chi connectivity index (χ2v) is 7.67. The second kappa shape index (κ2) is 7.77. The lowest BCUT2D eigenvalue weighted by Crippen LogP contribution is -2.39. The van der Waals surface area contributed by atoms with Crippen LogP contribution in [0.2, 0.25) is 0 Å². The number of nitrogens with two attached hydrogens (primary N) is 1. The first kappa shape index (κ1) is 17.0. The SMILES string of the molecule is C[C@H](NP(=O)(CCN)Oc1ccccc1)C(=O)OC1CCC1. The number of ether oxygens (including phenoxy) is 1. The summed E-state index contributed by atoms with van der Waals surface area (Å²) in [6.07, 6.45) is 3.03. The van der Waals surface area contributed by atoms with Crippen LogP contribution in [0.25, 0.3) is 0 Å². The molecule has 1 aliphatic carbocycles. The molecule has 2 rings (SSSR count). The third-order valence-corrected chi connectivity index (χ3v) is 5.63. The van der Waals surface area contributed by atoms with Gasteiger partial charge in [0.25, 0.3) is 0 Å². The van der Waals surface area contributed by atoms with E-state index in [0.29, 0.717) is 5.75 Å². The van der Waals surface area contributed by atoms with Crippen LogP contribution >= 0.6 is 7.52 Å². The van der Waals surface area contributed by atoms with Gasteiger partial charge in [-0.3, -0.25) is 9.36 Å². The minimum absolute atomic E-state index is 0.000635. The fraction of sp³-hybridized carbons (Fsp3) is 0.533. The largest absolute Gasteiger partial charge is 0.461 e. The van der Waals surface area contributed by atoms with Crippen LogP contribution in [-0.2, 0) is 14.1 Å². The van der Waals surface area contributed by atoms with E-state index in [1.165, 1.54) is 0 Å². The zero-order chi connectivity index (χ0) is 16.0. The van der Waals surface area contributed by atoms with E-state index >= 15 is 0 Å². The molecular formula is C15H23N2O4P. The third-order valence-electron chi connectivity index (χ3n) is 3.50. The average Bonchev–Trinajstić information content (AvgIpc) is 2.43. The van der Waals surface area contributed by atoms with Crippen molar-refractivity contribution < 1.29 is 18.6 Å². The summed E-state index contributed by atoms with van der Waals surface area (Å²) >= 11 is 0. The molecule has 1 saturated carbocycles. The van der Waals surface area contributed by atoms with E-state index in [1.807, 2.05) is 6.07 Å². The molecule has 0 heterocycles. The molecule has 0 amide bonds. The highest BCUT2D eigenvalue weighted by atomic mass is 31.2. The highest BCUT2D eigenvalue weighted by Crippen LogP contribution is 2.43. The van der Waals surface area contributed by atoms with E-state index in [4.69, 9.17) is 15.0 Å². The molecule has 3 N–H and O–H groups in total. The first-order chi connectivity index (χ1) is 10.5. The molecule has 22 heavy (non-hydrogen) atoms. The van der Waals surface area contributed by atoms with Gasteiger partial charge in [0, 0.05) is 6.54 Å². The quantitative estimate of drug-likeness (QED) is 0.563. The first-order valence-electron chi connectivity index (χ1n) is 7.54. The summed E-state index contributed by atoms with van der Waals surface area (Å²) in [7, 11) is -3.26. The van der Waals surface area contributed by atoms with Gasteiger partial charge in [0.05, 0.1) is 6.16 Å².